The zero-order valence-corrected chi connectivity index (χ0v) is 14.1. The van der Waals surface area contributed by atoms with Gasteiger partial charge in [0.1, 0.15) is 0 Å². The van der Waals surface area contributed by atoms with Crippen LogP contribution in [0.2, 0.25) is 0 Å². The second-order valence-electron chi connectivity index (χ2n) is 6.51. The smallest absolute Gasteiger partial charge is 0.0346 e. The largest absolute Gasteiger partial charge is 0.264 e. The lowest BCUT2D eigenvalue weighted by molar-refractivity contribution is 0.758. The molecule has 2 aromatic carbocycles. The first-order valence-corrected chi connectivity index (χ1v) is 8.67. The molecule has 0 aliphatic heterocycles. The molecule has 3 aromatic rings. The molecule has 0 radical (unpaired) electrons. The summed E-state index contributed by atoms with van der Waals surface area (Å²) in [4.78, 5) is 4.23. The number of hydrogen-bond donors (Lipinski definition) is 0. The summed E-state index contributed by atoms with van der Waals surface area (Å²) in [5, 5.41) is 2.49. The maximum atomic E-state index is 4.23. The van der Waals surface area contributed by atoms with Crippen LogP contribution in [0.5, 0.6) is 0 Å². The first kappa shape index (κ1) is 15.7. The molecule has 0 saturated heterocycles. The molecule has 3 rings (SSSR count). The lowest BCUT2D eigenvalue weighted by Gasteiger charge is -2.13. The number of benzene rings is 2. The average Bonchev–Trinajstić information content (AvgIpc) is 2.60. The third-order valence-corrected chi connectivity index (χ3v) is 4.62. The first-order chi connectivity index (χ1) is 11.3. The highest BCUT2D eigenvalue weighted by molar-refractivity contribution is 5.82. The van der Waals surface area contributed by atoms with Crippen molar-refractivity contribution < 1.29 is 0 Å². The van der Waals surface area contributed by atoms with Gasteiger partial charge in [0.2, 0.25) is 0 Å². The molecule has 0 saturated carbocycles. The number of pyridine rings is 1. The molecule has 0 N–H and O–H groups in total. The monoisotopic (exact) mass is 303 g/mol. The Kier molecular flexibility index (Phi) is 5.07. The number of aryl methyl sites for hydroxylation is 1. The average molecular weight is 303 g/mol. The Balaban J connectivity index is 1.70. The van der Waals surface area contributed by atoms with E-state index in [1.807, 2.05) is 12.4 Å². The fraction of sp³-hybridized carbons (Fsp3) is 0.318. The van der Waals surface area contributed by atoms with E-state index in [1.54, 1.807) is 0 Å². The molecule has 0 bridgehead atoms. The lowest BCUT2D eigenvalue weighted by atomic mass is 9.92. The lowest BCUT2D eigenvalue weighted by Crippen LogP contribution is -1.99. The van der Waals surface area contributed by atoms with Crippen LogP contribution in [0.4, 0.5) is 0 Å². The quantitative estimate of drug-likeness (QED) is 0.550. The Labute approximate surface area is 139 Å². The Bertz CT molecular complexity index is 758. The minimum Gasteiger partial charge on any atom is -0.264 e. The number of hydrogen-bond acceptors (Lipinski definition) is 1. The van der Waals surface area contributed by atoms with Gasteiger partial charge in [-0.2, -0.15) is 0 Å². The topological polar surface area (TPSA) is 12.9 Å². The summed E-state index contributed by atoms with van der Waals surface area (Å²) >= 11 is 0. The van der Waals surface area contributed by atoms with E-state index in [1.165, 1.54) is 46.7 Å². The van der Waals surface area contributed by atoms with Crippen LogP contribution in [0, 0.1) is 0 Å². The molecular formula is C22H25N. The van der Waals surface area contributed by atoms with Gasteiger partial charge in [0.25, 0.3) is 0 Å². The van der Waals surface area contributed by atoms with E-state index in [4.69, 9.17) is 0 Å². The highest BCUT2D eigenvalue weighted by Gasteiger charge is 2.08. The summed E-state index contributed by atoms with van der Waals surface area (Å²) in [5.74, 6) is 0.515. The van der Waals surface area contributed by atoms with E-state index in [2.05, 4.69) is 67.4 Å². The Hall–Kier alpha value is -2.15. The van der Waals surface area contributed by atoms with Gasteiger partial charge in [0.05, 0.1) is 0 Å². The SMILES string of the molecule is CCCCc1ccc(CC(C)c2ccc3ccncc3c2)cc1. The summed E-state index contributed by atoms with van der Waals surface area (Å²) in [6, 6.07) is 18.0. The fourth-order valence-corrected chi connectivity index (χ4v) is 3.10. The molecule has 1 atom stereocenters. The minimum absolute atomic E-state index is 0.515. The Morgan fingerprint density at radius 3 is 2.48 bits per heavy atom. The van der Waals surface area contributed by atoms with Crippen LogP contribution in [0.15, 0.2) is 60.9 Å². The number of aromatic nitrogens is 1. The molecule has 0 fully saturated rings. The molecule has 1 unspecified atom stereocenters. The first-order valence-electron chi connectivity index (χ1n) is 8.67. The second-order valence-corrected chi connectivity index (χ2v) is 6.51. The molecule has 0 amide bonds. The zero-order chi connectivity index (χ0) is 16.1. The van der Waals surface area contributed by atoms with Crippen LogP contribution >= 0.6 is 0 Å². The third kappa shape index (κ3) is 3.98. The van der Waals surface area contributed by atoms with Gasteiger partial charge in [0.15, 0.2) is 0 Å². The van der Waals surface area contributed by atoms with Gasteiger partial charge in [-0.3, -0.25) is 4.98 Å². The molecule has 118 valence electrons. The summed E-state index contributed by atoms with van der Waals surface area (Å²) in [5.41, 5.74) is 4.27. The van der Waals surface area contributed by atoms with Crippen LogP contribution in [-0.2, 0) is 12.8 Å². The number of rotatable bonds is 6. The van der Waals surface area contributed by atoms with E-state index < -0.39 is 0 Å². The van der Waals surface area contributed by atoms with Crippen LogP contribution < -0.4 is 0 Å². The Morgan fingerprint density at radius 1 is 0.913 bits per heavy atom. The molecule has 1 heteroatoms. The van der Waals surface area contributed by atoms with E-state index >= 15 is 0 Å². The predicted octanol–water partition coefficient (Wildman–Crippen LogP) is 5.92. The number of unbranched alkanes of at least 4 members (excludes halogenated alkanes) is 1. The summed E-state index contributed by atoms with van der Waals surface area (Å²) in [7, 11) is 0. The van der Waals surface area contributed by atoms with Gasteiger partial charge in [-0.1, -0.05) is 56.7 Å². The molecule has 23 heavy (non-hydrogen) atoms. The highest BCUT2D eigenvalue weighted by Crippen LogP contribution is 2.24. The molecule has 0 spiro atoms. The number of nitrogens with zero attached hydrogens (tertiary/aromatic N) is 1. The van der Waals surface area contributed by atoms with Gasteiger partial charge in [0, 0.05) is 17.8 Å². The van der Waals surface area contributed by atoms with E-state index in [0.29, 0.717) is 5.92 Å². The van der Waals surface area contributed by atoms with E-state index in [-0.39, 0.29) is 0 Å². The van der Waals surface area contributed by atoms with Gasteiger partial charge in [-0.15, -0.1) is 0 Å². The summed E-state index contributed by atoms with van der Waals surface area (Å²) in [6.07, 6.45) is 8.62. The van der Waals surface area contributed by atoms with Crippen molar-refractivity contribution in [3.63, 3.8) is 0 Å². The Morgan fingerprint density at radius 2 is 1.70 bits per heavy atom. The molecule has 1 aromatic heterocycles. The van der Waals surface area contributed by atoms with Crippen molar-refractivity contribution in [3.05, 3.63) is 77.6 Å². The standard InChI is InChI=1S/C22H25N/c1-3-4-5-18-6-8-19(9-7-18)14-17(2)21-11-10-20-12-13-23-16-22(20)15-21/h6-13,15-17H,3-5,14H2,1-2H3. The third-order valence-electron chi connectivity index (χ3n) is 4.62. The van der Waals surface area contributed by atoms with Crippen LogP contribution in [0.25, 0.3) is 10.8 Å². The van der Waals surface area contributed by atoms with Crippen molar-refractivity contribution in [2.24, 2.45) is 0 Å². The van der Waals surface area contributed by atoms with Gasteiger partial charge >= 0.3 is 0 Å². The van der Waals surface area contributed by atoms with Crippen molar-refractivity contribution in [1.29, 1.82) is 0 Å². The number of fused-ring (bicyclic) bond motifs is 1. The van der Waals surface area contributed by atoms with Crippen molar-refractivity contribution in [2.75, 3.05) is 0 Å². The second kappa shape index (κ2) is 7.41. The van der Waals surface area contributed by atoms with Gasteiger partial charge < -0.3 is 0 Å². The molecular weight excluding hydrogens is 278 g/mol. The summed E-state index contributed by atoms with van der Waals surface area (Å²) in [6.45, 7) is 4.55. The fourth-order valence-electron chi connectivity index (χ4n) is 3.10. The molecule has 1 heterocycles. The van der Waals surface area contributed by atoms with Gasteiger partial charge in [-0.05, 0) is 59.4 Å². The van der Waals surface area contributed by atoms with Crippen LogP contribution in [-0.4, -0.2) is 4.98 Å². The highest BCUT2D eigenvalue weighted by atomic mass is 14.6. The summed E-state index contributed by atoms with van der Waals surface area (Å²) < 4.78 is 0. The minimum atomic E-state index is 0.515. The molecule has 0 aliphatic rings. The predicted molar refractivity (Wildman–Crippen MR) is 98.9 cm³/mol. The normalized spacial score (nSPS) is 12.4. The van der Waals surface area contributed by atoms with E-state index in [9.17, 15) is 0 Å². The van der Waals surface area contributed by atoms with Crippen molar-refractivity contribution in [2.45, 2.75) is 45.4 Å². The van der Waals surface area contributed by atoms with Crippen molar-refractivity contribution in [3.8, 4) is 0 Å². The van der Waals surface area contributed by atoms with Gasteiger partial charge in [-0.25, -0.2) is 0 Å². The van der Waals surface area contributed by atoms with Crippen molar-refractivity contribution >= 4 is 10.8 Å². The van der Waals surface area contributed by atoms with E-state index in [0.717, 1.165) is 6.42 Å². The van der Waals surface area contributed by atoms with Crippen LogP contribution in [0.3, 0.4) is 0 Å². The maximum absolute atomic E-state index is 4.23. The van der Waals surface area contributed by atoms with Crippen LogP contribution in [0.1, 0.15) is 49.3 Å². The molecule has 0 aliphatic carbocycles. The maximum Gasteiger partial charge on any atom is 0.0346 e. The van der Waals surface area contributed by atoms with Crippen molar-refractivity contribution in [1.82, 2.24) is 4.98 Å². The molecule has 1 nitrogen and oxygen atoms in total. The zero-order valence-electron chi connectivity index (χ0n) is 14.1.